The first-order chi connectivity index (χ1) is 32.8. The van der Waals surface area contributed by atoms with Gasteiger partial charge in [-0.3, -0.25) is 0 Å². The average Bonchev–Trinajstić information content (AvgIpc) is 3.74. The van der Waals surface area contributed by atoms with E-state index in [2.05, 4.69) is 264 Å². The molecule has 2 heteroatoms. The summed E-state index contributed by atoms with van der Waals surface area (Å²) in [5, 5.41) is 12.4. The molecule has 66 heavy (non-hydrogen) atoms. The van der Waals surface area contributed by atoms with Crippen LogP contribution < -0.4 is 4.90 Å². The van der Waals surface area contributed by atoms with Crippen LogP contribution in [0.5, 0.6) is 0 Å². The van der Waals surface area contributed by atoms with Crippen molar-refractivity contribution in [1.29, 1.82) is 0 Å². The van der Waals surface area contributed by atoms with Crippen molar-refractivity contribution in [3.05, 3.63) is 255 Å². The molecule has 13 aromatic rings. The van der Waals surface area contributed by atoms with Gasteiger partial charge < -0.3 is 9.47 Å². The summed E-state index contributed by atoms with van der Waals surface area (Å²) >= 11 is 0. The number of hydrogen-bond acceptors (Lipinski definition) is 1. The van der Waals surface area contributed by atoms with Crippen LogP contribution in [0.3, 0.4) is 0 Å². The minimum absolute atomic E-state index is 1.09. The molecule has 0 aliphatic heterocycles. The van der Waals surface area contributed by atoms with E-state index in [9.17, 15) is 0 Å². The summed E-state index contributed by atoms with van der Waals surface area (Å²) in [5.41, 5.74) is 14.0. The highest BCUT2D eigenvalue weighted by Gasteiger charge is 2.23. The van der Waals surface area contributed by atoms with Crippen LogP contribution in [0.25, 0.3) is 104 Å². The first kappa shape index (κ1) is 37.8. The van der Waals surface area contributed by atoms with Gasteiger partial charge in [-0.2, -0.15) is 0 Å². The number of rotatable bonds is 7. The summed E-state index contributed by atoms with van der Waals surface area (Å²) in [6.45, 7) is 0. The molecule has 0 atom stereocenters. The van der Waals surface area contributed by atoms with Gasteiger partial charge in [-0.05, 0) is 137 Å². The van der Waals surface area contributed by atoms with Crippen LogP contribution in [0.1, 0.15) is 0 Å². The second-order valence-corrected chi connectivity index (χ2v) is 17.2. The smallest absolute Gasteiger partial charge is 0.0562 e. The average molecular weight is 839 g/mol. The van der Waals surface area contributed by atoms with E-state index in [0.717, 1.165) is 33.8 Å². The number of anilines is 3. The summed E-state index contributed by atoms with van der Waals surface area (Å²) < 4.78 is 2.40. The van der Waals surface area contributed by atoms with E-state index in [1.807, 2.05) is 0 Å². The zero-order valence-electron chi connectivity index (χ0n) is 36.1. The summed E-state index contributed by atoms with van der Waals surface area (Å²) in [6, 6.07) is 93.4. The Kier molecular flexibility index (Phi) is 8.89. The standard InChI is InChI=1S/C64H42N2/c1-4-19-44(20-5-1)62-56-29-13-12-28-54(56)55-38-36-47(42-58(55)63(62)45-21-6-2-7-22-45)46-23-16-26-50(40-46)65(51-37-39-53-48(41-51)35-34-43-18-10-11-27-52(43)53)60-32-17-33-61-64(60)57-30-14-15-31-59(57)66(61)49-24-8-3-9-25-49/h1-42H. The lowest BCUT2D eigenvalue weighted by atomic mass is 9.84. The minimum Gasteiger partial charge on any atom is -0.310 e. The second kappa shape index (κ2) is 15.5. The number of fused-ring (bicyclic) bond motifs is 9. The molecule has 0 spiro atoms. The highest BCUT2D eigenvalue weighted by atomic mass is 15.1. The Balaban J connectivity index is 1.06. The monoisotopic (exact) mass is 838 g/mol. The zero-order chi connectivity index (χ0) is 43.6. The molecule has 1 aromatic heterocycles. The minimum atomic E-state index is 1.09. The van der Waals surface area contributed by atoms with Gasteiger partial charge >= 0.3 is 0 Å². The van der Waals surface area contributed by atoms with Crippen LogP contribution in [0.4, 0.5) is 17.1 Å². The molecule has 0 fully saturated rings. The lowest BCUT2D eigenvalue weighted by molar-refractivity contribution is 1.18. The Morgan fingerprint density at radius 3 is 1.59 bits per heavy atom. The number of nitrogens with zero attached hydrogens (tertiary/aromatic N) is 2. The van der Waals surface area contributed by atoms with Crippen molar-refractivity contribution < 1.29 is 0 Å². The highest BCUT2D eigenvalue weighted by molar-refractivity contribution is 6.22. The topological polar surface area (TPSA) is 8.17 Å². The zero-order valence-corrected chi connectivity index (χ0v) is 36.1. The second-order valence-electron chi connectivity index (χ2n) is 17.2. The number of benzene rings is 12. The fraction of sp³-hybridized carbons (Fsp3) is 0. The predicted octanol–water partition coefficient (Wildman–Crippen LogP) is 17.9. The number of aromatic nitrogens is 1. The normalized spacial score (nSPS) is 11.6. The van der Waals surface area contributed by atoms with E-state index in [4.69, 9.17) is 0 Å². The van der Waals surface area contributed by atoms with Crippen LogP contribution in [0, 0.1) is 0 Å². The summed E-state index contributed by atoms with van der Waals surface area (Å²) in [4.78, 5) is 2.47. The van der Waals surface area contributed by atoms with Crippen molar-refractivity contribution in [2.75, 3.05) is 4.90 Å². The molecule has 0 aliphatic rings. The molecule has 0 saturated carbocycles. The highest BCUT2D eigenvalue weighted by Crippen LogP contribution is 2.48. The Morgan fingerprint density at radius 2 is 0.803 bits per heavy atom. The van der Waals surface area contributed by atoms with Gasteiger partial charge in [0.2, 0.25) is 0 Å². The largest absolute Gasteiger partial charge is 0.310 e. The van der Waals surface area contributed by atoms with Crippen LogP contribution in [0.2, 0.25) is 0 Å². The molecule has 0 aliphatic carbocycles. The molecule has 0 amide bonds. The van der Waals surface area contributed by atoms with Crippen LogP contribution >= 0.6 is 0 Å². The van der Waals surface area contributed by atoms with E-state index >= 15 is 0 Å². The van der Waals surface area contributed by atoms with Gasteiger partial charge in [0.15, 0.2) is 0 Å². The quantitative estimate of drug-likeness (QED) is 0.145. The van der Waals surface area contributed by atoms with Crippen LogP contribution in [0.15, 0.2) is 255 Å². The third kappa shape index (κ3) is 6.11. The van der Waals surface area contributed by atoms with Gasteiger partial charge in [0.25, 0.3) is 0 Å². The molecular weight excluding hydrogens is 797 g/mol. The third-order valence-corrected chi connectivity index (χ3v) is 13.5. The molecular formula is C64H42N2. The predicted molar refractivity (Wildman–Crippen MR) is 282 cm³/mol. The molecule has 0 bridgehead atoms. The van der Waals surface area contributed by atoms with E-state index in [1.165, 1.54) is 87.2 Å². The van der Waals surface area contributed by atoms with Crippen molar-refractivity contribution in [3.63, 3.8) is 0 Å². The molecule has 13 rings (SSSR count). The molecule has 2 nitrogen and oxygen atoms in total. The Labute approximate surface area is 383 Å². The summed E-state index contributed by atoms with van der Waals surface area (Å²) in [7, 11) is 0. The van der Waals surface area contributed by atoms with Crippen molar-refractivity contribution >= 4 is 82.0 Å². The first-order valence-electron chi connectivity index (χ1n) is 22.8. The van der Waals surface area contributed by atoms with E-state index < -0.39 is 0 Å². The Bertz CT molecular complexity index is 3980. The summed E-state index contributed by atoms with van der Waals surface area (Å²) in [5.74, 6) is 0. The van der Waals surface area contributed by atoms with Crippen LogP contribution in [-0.2, 0) is 0 Å². The van der Waals surface area contributed by atoms with Crippen molar-refractivity contribution in [1.82, 2.24) is 4.57 Å². The Morgan fingerprint density at radius 1 is 0.273 bits per heavy atom. The van der Waals surface area contributed by atoms with Crippen molar-refractivity contribution in [3.8, 4) is 39.1 Å². The molecule has 1 heterocycles. The first-order valence-corrected chi connectivity index (χ1v) is 22.8. The van der Waals surface area contributed by atoms with E-state index in [-0.39, 0.29) is 0 Å². The molecule has 0 unspecified atom stereocenters. The SMILES string of the molecule is c1ccc(-c2c(-c3ccccc3)c3cc(-c4cccc(N(c5ccc6c(ccc7ccccc76)c5)c5cccc6c5c5ccccc5n6-c5ccccc5)c4)ccc3c3ccccc23)cc1. The molecule has 0 saturated heterocycles. The van der Waals surface area contributed by atoms with Gasteiger partial charge in [-0.1, -0.05) is 194 Å². The molecule has 0 N–H and O–H groups in total. The maximum absolute atomic E-state index is 2.47. The number of para-hydroxylation sites is 2. The maximum Gasteiger partial charge on any atom is 0.0562 e. The summed E-state index contributed by atoms with van der Waals surface area (Å²) in [6.07, 6.45) is 0. The van der Waals surface area contributed by atoms with Crippen LogP contribution in [-0.4, -0.2) is 4.57 Å². The maximum atomic E-state index is 2.47. The van der Waals surface area contributed by atoms with E-state index in [0.29, 0.717) is 0 Å². The lowest BCUT2D eigenvalue weighted by Crippen LogP contribution is -2.10. The van der Waals surface area contributed by atoms with E-state index in [1.54, 1.807) is 0 Å². The van der Waals surface area contributed by atoms with Gasteiger partial charge in [0.05, 0.1) is 16.7 Å². The molecule has 12 aromatic carbocycles. The molecule has 308 valence electrons. The fourth-order valence-corrected chi connectivity index (χ4v) is 10.6. The van der Waals surface area contributed by atoms with Gasteiger partial charge in [-0.25, -0.2) is 0 Å². The van der Waals surface area contributed by atoms with Crippen molar-refractivity contribution in [2.45, 2.75) is 0 Å². The fourth-order valence-electron chi connectivity index (χ4n) is 10.6. The Hall–Kier alpha value is -8.72. The van der Waals surface area contributed by atoms with Gasteiger partial charge in [0.1, 0.15) is 0 Å². The third-order valence-electron chi connectivity index (χ3n) is 13.5. The van der Waals surface area contributed by atoms with Gasteiger partial charge in [-0.15, -0.1) is 0 Å². The lowest BCUT2D eigenvalue weighted by Gasteiger charge is -2.27. The van der Waals surface area contributed by atoms with Gasteiger partial charge in [0, 0.05) is 27.8 Å². The van der Waals surface area contributed by atoms with Crippen molar-refractivity contribution in [2.24, 2.45) is 0 Å². The number of hydrogen-bond donors (Lipinski definition) is 0. The molecule has 0 radical (unpaired) electrons.